The van der Waals surface area contributed by atoms with Crippen molar-refractivity contribution in [1.29, 1.82) is 0 Å². The minimum atomic E-state index is -4.16. The lowest BCUT2D eigenvalue weighted by Gasteiger charge is -2.27. The minimum Gasteiger partial charge on any atom is -0.171 e. The summed E-state index contributed by atoms with van der Waals surface area (Å²) in [6, 6.07) is 94.5. The Hall–Kier alpha value is -9.78. The normalized spacial score (nSPS) is 11.0. The van der Waals surface area contributed by atoms with Crippen LogP contribution < -0.4 is 0 Å². The van der Waals surface area contributed by atoms with Gasteiger partial charge in [0, 0.05) is 0 Å². The van der Waals surface area contributed by atoms with Gasteiger partial charge in [0.25, 0.3) is 0 Å². The quantitative estimate of drug-likeness (QED) is 0.126. The van der Waals surface area contributed by atoms with E-state index in [9.17, 15) is 26.3 Å². The molecule has 0 N–H and O–H groups in total. The highest BCUT2D eigenvalue weighted by molar-refractivity contribution is 5.36. The van der Waals surface area contributed by atoms with Crippen molar-refractivity contribution in [2.75, 3.05) is 0 Å². The largest absolute Gasteiger partial charge is 0.394 e. The molecule has 0 aliphatic carbocycles. The number of alkyl halides is 6. The maximum absolute atomic E-state index is 12.7. The SMILES string of the molecule is Cc1ccc(C(C)(C)C)cc1.Cc1ccc(C(C)C)cc1.Cc1ccc(C)c(C)c1.Cc1ccc(C)cc1.Cc1ccc(CC(C)(C)C(F)(F)F)cc1.Cc1ccc(CC(C)(C)C(F)(F)F)cc1C.Cc1ccc(CC(C)(C)C)cc1.Cc1ccc(CC(C)(C)C)cc1C.Cc1ccc(CC(C)C)cc1.Cc1cccc(C)c1C.Cc1ccccc1.Cc1ccccc1C. The van der Waals surface area contributed by atoms with E-state index in [0.29, 0.717) is 16.7 Å². The molecule has 0 aromatic heterocycles. The van der Waals surface area contributed by atoms with E-state index >= 15 is 0 Å². The van der Waals surface area contributed by atoms with E-state index in [-0.39, 0.29) is 18.3 Å². The van der Waals surface area contributed by atoms with Gasteiger partial charge in [0.05, 0.1) is 10.8 Å². The summed E-state index contributed by atoms with van der Waals surface area (Å²) in [5.74, 6) is 1.42. The third-order valence-corrected chi connectivity index (χ3v) is 22.2. The molecule has 0 radical (unpaired) electrons. The second kappa shape index (κ2) is 56.7. The Morgan fingerprint density at radius 2 is 0.465 bits per heavy atom. The summed E-state index contributed by atoms with van der Waals surface area (Å²) >= 11 is 0. The van der Waals surface area contributed by atoms with Crippen LogP contribution in [0.25, 0.3) is 0 Å². The molecule has 702 valence electrons. The summed E-state index contributed by atoms with van der Waals surface area (Å²) in [6.45, 7) is 76.2. The first-order valence-corrected chi connectivity index (χ1v) is 46.2. The Morgan fingerprint density at radius 3 is 0.744 bits per heavy atom. The van der Waals surface area contributed by atoms with E-state index < -0.39 is 23.2 Å². The Bertz CT molecular complexity index is 4980. The van der Waals surface area contributed by atoms with Crippen LogP contribution in [0, 0.1) is 166 Å². The fourth-order valence-corrected chi connectivity index (χ4v) is 12.5. The van der Waals surface area contributed by atoms with Crippen molar-refractivity contribution in [1.82, 2.24) is 0 Å². The van der Waals surface area contributed by atoms with Gasteiger partial charge in [-0.15, -0.1) is 0 Å². The number of rotatable bonds is 9. The summed E-state index contributed by atoms with van der Waals surface area (Å²) in [7, 11) is 0. The third kappa shape index (κ3) is 52.6. The standard InChI is InChI=1S/C13H17F3.C13H20.C12H15F3.C12H18.2C11H16.C10H14.2C9H12.2C8H10.C7H8/c1-9-5-6-11(7-10(9)2)8-12(3,4)13(14,15)16;1-10-6-7-12(8-11(10)2)9-13(3,4)5;1-9-4-6-10(7-5-9)8-11(2,3)12(13,14)15;1-10-5-7-11(8-6-10)9-12(2,3)4;1-9-5-7-10(8-6-9)11(2,3)4;1-9(2)8-11-6-4-10(3)5-7-11;1-8(2)10-6-4-9(3)5-7-10;1-7-4-5-8(2)9(3)6-7;1-7-5-4-6-8(2)9(7)3;1-7-3-5-8(2)6-4-7;1-7-5-3-4-6-8(7)2;1-7-5-3-2-4-6-7/h5-7H,8H2,1-4H3;6-8H,9H2,1-5H3;4-7H,8H2,1-3H3;5-8H,9H2,1-4H3;5-8H,1-4H3;4-7,9H,8H2,1-3H3;4-8H,1-3H3;2*4-6H,1-3H3;2*3-6H,1-2H3;2-6H,1H3. The highest BCUT2D eigenvalue weighted by Gasteiger charge is 2.48. The molecule has 0 atom stereocenters. The van der Waals surface area contributed by atoms with Gasteiger partial charge in [-0.05, 0) is 299 Å². The van der Waals surface area contributed by atoms with Crippen LogP contribution >= 0.6 is 0 Å². The molecular weight excluding hydrogens is 1590 g/mol. The fraction of sp³-hybridized carbons (Fsp3) is 0.415. The zero-order valence-corrected chi connectivity index (χ0v) is 86.9. The fourth-order valence-electron chi connectivity index (χ4n) is 12.5. The Labute approximate surface area is 784 Å². The number of benzene rings is 12. The van der Waals surface area contributed by atoms with Crippen LogP contribution in [-0.4, -0.2) is 12.4 Å². The number of hydrogen-bond donors (Lipinski definition) is 0. The molecule has 0 saturated heterocycles. The highest BCUT2D eigenvalue weighted by Crippen LogP contribution is 2.42. The average molecular weight is 1760 g/mol. The van der Waals surface area contributed by atoms with Crippen molar-refractivity contribution in [2.45, 2.75) is 312 Å². The topological polar surface area (TPSA) is 0 Å². The predicted octanol–water partition coefficient (Wildman–Crippen LogP) is 37.5. The van der Waals surface area contributed by atoms with Crippen molar-refractivity contribution in [2.24, 2.45) is 27.6 Å². The summed E-state index contributed by atoms with van der Waals surface area (Å²) in [4.78, 5) is 0. The smallest absolute Gasteiger partial charge is 0.171 e. The van der Waals surface area contributed by atoms with Crippen LogP contribution in [0.3, 0.4) is 0 Å². The number of halogens is 6. The van der Waals surface area contributed by atoms with Crippen molar-refractivity contribution in [3.05, 3.63) is 423 Å². The molecule has 0 bridgehead atoms. The monoisotopic (exact) mass is 1760 g/mol. The lowest BCUT2D eigenvalue weighted by molar-refractivity contribution is -0.211. The molecule has 0 heterocycles. The van der Waals surface area contributed by atoms with Crippen LogP contribution in [0.5, 0.6) is 0 Å². The molecule has 0 aliphatic rings. The van der Waals surface area contributed by atoms with Crippen molar-refractivity contribution >= 4 is 0 Å². The zero-order chi connectivity index (χ0) is 98.6. The maximum Gasteiger partial charge on any atom is 0.394 e. The summed E-state index contributed by atoms with van der Waals surface area (Å²) < 4.78 is 75.9. The second-order valence-corrected chi connectivity index (χ2v) is 41.2. The van der Waals surface area contributed by atoms with E-state index in [2.05, 4.69) is 420 Å². The van der Waals surface area contributed by atoms with Gasteiger partial charge in [-0.2, -0.15) is 26.3 Å². The first-order chi connectivity index (χ1) is 59.5. The maximum atomic E-state index is 12.7. The van der Waals surface area contributed by atoms with Crippen LogP contribution in [0.1, 0.15) is 274 Å². The van der Waals surface area contributed by atoms with Gasteiger partial charge in [0.2, 0.25) is 0 Å². The predicted molar refractivity (Wildman–Crippen MR) is 557 cm³/mol. The molecule has 6 heteroatoms. The third-order valence-electron chi connectivity index (χ3n) is 22.2. The molecule has 0 nitrogen and oxygen atoms in total. The first kappa shape index (κ1) is 117. The molecule has 129 heavy (non-hydrogen) atoms. The zero-order valence-electron chi connectivity index (χ0n) is 86.9. The summed E-state index contributed by atoms with van der Waals surface area (Å²) in [5, 5.41) is 0. The van der Waals surface area contributed by atoms with Crippen molar-refractivity contribution < 1.29 is 26.3 Å². The van der Waals surface area contributed by atoms with Crippen LogP contribution in [0.4, 0.5) is 26.3 Å². The number of aryl methyl sites for hydroxylation is 19. The molecule has 0 saturated carbocycles. The van der Waals surface area contributed by atoms with Gasteiger partial charge in [-0.3, -0.25) is 0 Å². The molecule has 0 fully saturated rings. The Morgan fingerprint density at radius 1 is 0.217 bits per heavy atom. The second-order valence-electron chi connectivity index (χ2n) is 41.2. The summed E-state index contributed by atoms with van der Waals surface area (Å²) in [5.41, 5.74) is 32.7. The Kier molecular flexibility index (Phi) is 51.6. The van der Waals surface area contributed by atoms with E-state index in [0.717, 1.165) is 46.6 Å². The van der Waals surface area contributed by atoms with Crippen LogP contribution in [0.15, 0.2) is 273 Å². The number of hydrogen-bond acceptors (Lipinski definition) is 0. The minimum absolute atomic E-state index is 0.0246. The lowest BCUT2D eigenvalue weighted by Crippen LogP contribution is -2.34. The van der Waals surface area contributed by atoms with Crippen molar-refractivity contribution in [3.8, 4) is 0 Å². The molecule has 12 aromatic rings. The van der Waals surface area contributed by atoms with Gasteiger partial charge in [-0.1, -0.05) is 441 Å². The first-order valence-electron chi connectivity index (χ1n) is 46.2. The van der Waals surface area contributed by atoms with Gasteiger partial charge in [0.15, 0.2) is 0 Å². The Balaban J connectivity index is 0.000000708. The molecule has 12 rings (SSSR count). The van der Waals surface area contributed by atoms with E-state index in [1.165, 1.54) is 157 Å². The molecular formula is C123H168F6. The van der Waals surface area contributed by atoms with E-state index in [1.54, 1.807) is 18.2 Å². The molecule has 0 spiro atoms. The molecule has 0 aliphatic heterocycles. The summed E-state index contributed by atoms with van der Waals surface area (Å²) in [6.07, 6.45) is -4.75. The van der Waals surface area contributed by atoms with E-state index in [1.807, 2.05) is 63.2 Å². The molecule has 0 amide bonds. The van der Waals surface area contributed by atoms with Crippen molar-refractivity contribution in [3.63, 3.8) is 0 Å². The van der Waals surface area contributed by atoms with E-state index in [4.69, 9.17) is 0 Å². The van der Waals surface area contributed by atoms with Gasteiger partial charge in [0.1, 0.15) is 0 Å². The highest BCUT2D eigenvalue weighted by atomic mass is 19.4. The van der Waals surface area contributed by atoms with Gasteiger partial charge < -0.3 is 0 Å². The van der Waals surface area contributed by atoms with Gasteiger partial charge in [-0.25, -0.2) is 0 Å². The van der Waals surface area contributed by atoms with Crippen LogP contribution in [-0.2, 0) is 37.5 Å². The lowest BCUT2D eigenvalue weighted by atomic mass is 9.84. The molecule has 0 unspecified atom stereocenters. The van der Waals surface area contributed by atoms with Gasteiger partial charge >= 0.3 is 12.4 Å². The van der Waals surface area contributed by atoms with Crippen LogP contribution in [0.2, 0.25) is 0 Å². The molecule has 12 aromatic carbocycles. The average Bonchev–Trinajstić information content (AvgIpc) is 0.817.